The summed E-state index contributed by atoms with van der Waals surface area (Å²) >= 11 is 0. The molecule has 1 aromatic heterocycles. The molecule has 0 amide bonds. The Morgan fingerprint density at radius 2 is 1.86 bits per heavy atom. The zero-order valence-electron chi connectivity index (χ0n) is 8.50. The Bertz CT molecular complexity index is 402. The summed E-state index contributed by atoms with van der Waals surface area (Å²) in [6.07, 6.45) is 0. The smallest absolute Gasteiger partial charge is 0.870 e. The largest absolute Gasteiger partial charge is 1.00 e. The molecule has 0 spiro atoms. The maximum Gasteiger partial charge on any atom is 1.00 e. The summed E-state index contributed by atoms with van der Waals surface area (Å²) in [6.45, 7) is 4.13. The van der Waals surface area contributed by atoms with Gasteiger partial charge in [-0.2, -0.15) is 0 Å². The molecule has 1 aromatic carbocycles. The van der Waals surface area contributed by atoms with Gasteiger partial charge in [-0.15, -0.1) is 5.10 Å². The monoisotopic (exact) mass is 205 g/mol. The molecule has 0 aliphatic heterocycles. The molecule has 0 bridgehead atoms. The van der Waals surface area contributed by atoms with E-state index in [1.807, 2.05) is 6.07 Å². The van der Waals surface area contributed by atoms with Crippen LogP contribution in [0.25, 0.3) is 11.0 Å². The van der Waals surface area contributed by atoms with Crippen molar-refractivity contribution in [1.29, 1.82) is 0 Å². The van der Waals surface area contributed by atoms with Crippen LogP contribution in [0.1, 0.15) is 11.1 Å². The second kappa shape index (κ2) is 6.10. The maximum absolute atomic E-state index is 3.97. The first-order chi connectivity index (χ1) is 5.29. The number of hydrogen-bond acceptors (Lipinski definition) is 3. The SMILES string of the molecule is Cc1ccc2[nH]nnc2c1C.O.[Na+].[OH-]. The minimum absolute atomic E-state index is 0. The van der Waals surface area contributed by atoms with E-state index in [0.717, 1.165) is 11.0 Å². The third-order valence-electron chi connectivity index (χ3n) is 2.02. The molecule has 0 fully saturated rings. The molecule has 0 aliphatic carbocycles. The Morgan fingerprint density at radius 1 is 1.21 bits per heavy atom. The Hall–Kier alpha value is -0.460. The van der Waals surface area contributed by atoms with Crippen LogP contribution >= 0.6 is 0 Å². The second-order valence-corrected chi connectivity index (χ2v) is 2.72. The van der Waals surface area contributed by atoms with Crippen LogP contribution in [0.2, 0.25) is 0 Å². The number of aromatic nitrogens is 3. The summed E-state index contributed by atoms with van der Waals surface area (Å²) in [5.41, 5.74) is 4.45. The van der Waals surface area contributed by atoms with Crippen LogP contribution in [0.3, 0.4) is 0 Å². The van der Waals surface area contributed by atoms with Crippen LogP contribution in [0.4, 0.5) is 0 Å². The molecule has 2 rings (SSSR count). The Balaban J connectivity index is 0. The van der Waals surface area contributed by atoms with Crippen LogP contribution in [0.15, 0.2) is 12.1 Å². The molecule has 14 heavy (non-hydrogen) atoms. The number of rotatable bonds is 0. The van der Waals surface area contributed by atoms with Gasteiger partial charge in [-0.25, -0.2) is 0 Å². The van der Waals surface area contributed by atoms with E-state index in [1.165, 1.54) is 11.1 Å². The Kier molecular flexibility index (Phi) is 6.97. The van der Waals surface area contributed by atoms with Crippen molar-refractivity contribution in [1.82, 2.24) is 15.4 Å². The summed E-state index contributed by atoms with van der Waals surface area (Å²) in [4.78, 5) is 0. The topological polar surface area (TPSA) is 103 Å². The molecule has 0 unspecified atom stereocenters. The average Bonchev–Trinajstić information content (AvgIpc) is 2.45. The number of aryl methyl sites for hydroxylation is 2. The first-order valence-electron chi connectivity index (χ1n) is 3.56. The van der Waals surface area contributed by atoms with Gasteiger partial charge in [-0.1, -0.05) is 11.3 Å². The minimum Gasteiger partial charge on any atom is -0.870 e. The van der Waals surface area contributed by atoms with E-state index in [0.29, 0.717) is 0 Å². The molecular weight excluding hydrogens is 193 g/mol. The Morgan fingerprint density at radius 3 is 2.50 bits per heavy atom. The van der Waals surface area contributed by atoms with Gasteiger partial charge < -0.3 is 11.0 Å². The van der Waals surface area contributed by atoms with Crippen LogP contribution < -0.4 is 29.6 Å². The summed E-state index contributed by atoms with van der Waals surface area (Å²) in [5.74, 6) is 0. The number of fused-ring (bicyclic) bond motifs is 1. The molecule has 0 atom stereocenters. The Labute approximate surface area is 104 Å². The predicted molar refractivity (Wildman–Crippen MR) is 48.9 cm³/mol. The van der Waals surface area contributed by atoms with E-state index in [-0.39, 0.29) is 40.5 Å². The van der Waals surface area contributed by atoms with Gasteiger partial charge in [0.2, 0.25) is 0 Å². The van der Waals surface area contributed by atoms with Crippen LogP contribution in [0.5, 0.6) is 0 Å². The van der Waals surface area contributed by atoms with Crippen molar-refractivity contribution in [2.24, 2.45) is 0 Å². The van der Waals surface area contributed by atoms with Gasteiger partial charge in [-0.3, -0.25) is 5.10 Å². The summed E-state index contributed by atoms with van der Waals surface area (Å²) in [5, 5.41) is 10.5. The van der Waals surface area contributed by atoms with Gasteiger partial charge in [-0.05, 0) is 31.0 Å². The van der Waals surface area contributed by atoms with E-state index in [4.69, 9.17) is 0 Å². The molecule has 2 aromatic rings. The number of nitrogens with zero attached hydrogens (tertiary/aromatic N) is 2. The van der Waals surface area contributed by atoms with E-state index in [9.17, 15) is 0 Å². The fraction of sp³-hybridized carbons (Fsp3) is 0.250. The summed E-state index contributed by atoms with van der Waals surface area (Å²) in [7, 11) is 0. The molecule has 0 saturated heterocycles. The zero-order chi connectivity index (χ0) is 7.84. The molecule has 0 aliphatic rings. The first kappa shape index (κ1) is 16.0. The van der Waals surface area contributed by atoms with E-state index in [2.05, 4.69) is 35.3 Å². The number of H-pyrrole nitrogens is 1. The molecule has 5 nitrogen and oxygen atoms in total. The predicted octanol–water partition coefficient (Wildman–Crippen LogP) is -2.42. The number of aromatic amines is 1. The van der Waals surface area contributed by atoms with Crippen molar-refractivity contribution in [3.05, 3.63) is 23.3 Å². The third kappa shape index (κ3) is 2.52. The third-order valence-corrected chi connectivity index (χ3v) is 2.02. The number of hydrogen-bond donors (Lipinski definition) is 1. The van der Waals surface area contributed by atoms with Gasteiger partial charge in [0, 0.05) is 0 Å². The van der Waals surface area contributed by atoms with Gasteiger partial charge in [0.25, 0.3) is 0 Å². The molecule has 0 saturated carbocycles. The standard InChI is InChI=1S/C8H9N3.Na.2H2O/c1-5-3-4-7-8(6(5)2)10-11-9-7;;;/h3-4H,1-2H3,(H,9,10,11);;2*1H2/q;+1;;/p-1. The van der Waals surface area contributed by atoms with Gasteiger partial charge >= 0.3 is 29.6 Å². The summed E-state index contributed by atoms with van der Waals surface area (Å²) < 4.78 is 0. The fourth-order valence-electron chi connectivity index (χ4n) is 1.15. The second-order valence-electron chi connectivity index (χ2n) is 2.72. The molecule has 6 heteroatoms. The van der Waals surface area contributed by atoms with Gasteiger partial charge in [0.05, 0.1) is 5.52 Å². The van der Waals surface area contributed by atoms with Gasteiger partial charge in [0.1, 0.15) is 5.52 Å². The van der Waals surface area contributed by atoms with Crippen molar-refractivity contribution in [3.63, 3.8) is 0 Å². The maximum atomic E-state index is 3.97. The molecule has 72 valence electrons. The van der Waals surface area contributed by atoms with Crippen molar-refractivity contribution < 1.29 is 40.5 Å². The molecule has 1 heterocycles. The van der Waals surface area contributed by atoms with E-state index < -0.39 is 0 Å². The first-order valence-corrected chi connectivity index (χ1v) is 3.56. The van der Waals surface area contributed by atoms with Crippen LogP contribution in [-0.2, 0) is 0 Å². The normalized spacial score (nSPS) is 8.43. The zero-order valence-corrected chi connectivity index (χ0v) is 10.5. The van der Waals surface area contributed by atoms with Crippen LogP contribution in [-0.4, -0.2) is 26.4 Å². The molecule has 0 radical (unpaired) electrons. The quantitative estimate of drug-likeness (QED) is 0.484. The van der Waals surface area contributed by atoms with E-state index in [1.54, 1.807) is 0 Å². The van der Waals surface area contributed by atoms with Crippen molar-refractivity contribution in [2.45, 2.75) is 13.8 Å². The van der Waals surface area contributed by atoms with Crippen molar-refractivity contribution >= 4 is 11.0 Å². The van der Waals surface area contributed by atoms with Crippen molar-refractivity contribution in [3.8, 4) is 0 Å². The minimum atomic E-state index is 0. The van der Waals surface area contributed by atoms with E-state index >= 15 is 0 Å². The van der Waals surface area contributed by atoms with Crippen LogP contribution in [0, 0.1) is 13.8 Å². The average molecular weight is 205 g/mol. The number of nitrogens with one attached hydrogen (secondary N) is 1. The fourth-order valence-corrected chi connectivity index (χ4v) is 1.15. The van der Waals surface area contributed by atoms with Gasteiger partial charge in [0.15, 0.2) is 0 Å². The molecule has 4 N–H and O–H groups in total. The van der Waals surface area contributed by atoms with Crippen molar-refractivity contribution in [2.75, 3.05) is 0 Å². The number of benzene rings is 1. The summed E-state index contributed by atoms with van der Waals surface area (Å²) in [6, 6.07) is 4.06. The molecular formula is C8H12N3NaO2.